The molecule has 0 aliphatic carbocycles. The van der Waals surface area contributed by atoms with E-state index in [0.29, 0.717) is 33.5 Å². The third-order valence-electron chi connectivity index (χ3n) is 16.8. The molecule has 0 unspecified atom stereocenters. The number of fused-ring (bicyclic) bond motifs is 14. The molecule has 0 fully saturated rings. The van der Waals surface area contributed by atoms with E-state index in [-0.39, 0.29) is 51.3 Å². The molecular weight excluding hydrogens is 1660 g/mol. The number of hydrogen-bond donors (Lipinski definition) is 2. The van der Waals surface area contributed by atoms with Crippen LogP contribution in [-0.4, -0.2) is 44.4 Å². The van der Waals surface area contributed by atoms with Crippen LogP contribution >= 0.6 is 0 Å². The average Bonchev–Trinajstić information content (AvgIpc) is 1.60. The molecule has 106 heavy (non-hydrogen) atoms. The van der Waals surface area contributed by atoms with Gasteiger partial charge < -0.3 is 34.0 Å². The maximum absolute atomic E-state index is 8.87. The van der Waals surface area contributed by atoms with Crippen LogP contribution in [-0.2, 0) is 65.7 Å². The Morgan fingerprint density at radius 1 is 0.368 bits per heavy atom. The Hall–Kier alpha value is -9.34. The van der Waals surface area contributed by atoms with Gasteiger partial charge in [-0.25, -0.2) is 0 Å². The molecule has 16 rings (SSSR count). The minimum atomic E-state index is -2.51. The molecule has 0 saturated heterocycles. The summed E-state index contributed by atoms with van der Waals surface area (Å²) in [6, 6.07) is 78.9. The molecule has 546 valence electrons. The van der Waals surface area contributed by atoms with Crippen molar-refractivity contribution in [1.82, 2.24) is 19.9 Å². The van der Waals surface area contributed by atoms with Crippen LogP contribution in [0.3, 0.4) is 0 Å². The van der Waals surface area contributed by atoms with Gasteiger partial charge in [-0.1, -0.05) is 227 Å². The van der Waals surface area contributed by atoms with E-state index in [4.69, 9.17) is 39.1 Å². The van der Waals surface area contributed by atoms with Gasteiger partial charge in [-0.15, -0.1) is 90.0 Å². The Balaban J connectivity index is 0.000000182. The van der Waals surface area contributed by atoms with E-state index >= 15 is 0 Å². The minimum absolute atomic E-state index is 0. The van der Waals surface area contributed by atoms with Crippen LogP contribution in [0, 0.1) is 53.6 Å². The van der Waals surface area contributed by atoms with E-state index in [1.165, 1.54) is 27.7 Å². The third-order valence-corrected chi connectivity index (χ3v) is 16.8. The zero-order chi connectivity index (χ0) is 83.8. The van der Waals surface area contributed by atoms with Crippen molar-refractivity contribution in [2.75, 3.05) is 14.2 Å². The SMILES string of the molecule is CO.CO.[2H]C([2H])([2H])c1cnc(-c2[c-]ccc3c2oc2ccc4ccc5ccccc5c4c23)cc1C([2H])([2H])C(C)(C)C.[2H]C([2H])(c1cc(-c2cccc3c2oc2ccc4ccc5ccccc5c4c23)ncc1C)C(C)(C)C.[2H]C([2H])(c1ccc(-c2[c-]cccc2)nc1)C(C)(C)C.[2H]C([2H])(c1ccc(-c2[c-]cccc2)nc1)C(C)(C)C.[Ir].[Ir]. The van der Waals surface area contributed by atoms with Crippen molar-refractivity contribution in [2.45, 2.75) is 122 Å². The van der Waals surface area contributed by atoms with Crippen molar-refractivity contribution in [1.29, 1.82) is 0 Å². The smallest absolute Gasteiger partial charge is 0.144 e. The molecule has 10 heteroatoms. The summed E-state index contributed by atoms with van der Waals surface area (Å²) in [5.74, 6) is 0. The number of aliphatic hydroxyl groups is 2. The largest absolute Gasteiger partial charge is 0.501 e. The normalized spacial score (nSPS) is 13.7. The molecule has 0 spiro atoms. The fourth-order valence-electron chi connectivity index (χ4n) is 12.6. The summed E-state index contributed by atoms with van der Waals surface area (Å²) in [5.41, 5.74) is 9.41. The first-order chi connectivity index (χ1) is 54.2. The van der Waals surface area contributed by atoms with E-state index in [2.05, 4.69) is 112 Å². The number of aromatic nitrogens is 4. The van der Waals surface area contributed by atoms with Gasteiger partial charge in [0.05, 0.1) is 11.3 Å². The van der Waals surface area contributed by atoms with Gasteiger partial charge in [0, 0.05) is 121 Å². The first kappa shape index (κ1) is 66.1. The molecule has 0 aliphatic rings. The zero-order valence-electron chi connectivity index (χ0n) is 73.7. The van der Waals surface area contributed by atoms with Gasteiger partial charge >= 0.3 is 0 Å². The fraction of sp³-hybridized carbons (Fsp3) is 0.250. The quantitative estimate of drug-likeness (QED) is 0.114. The number of nitrogens with zero attached hydrogens (tertiary/aromatic N) is 4. The van der Waals surface area contributed by atoms with Crippen molar-refractivity contribution >= 4 is 87.0 Å². The first-order valence-corrected chi connectivity index (χ1v) is 34.9. The van der Waals surface area contributed by atoms with Crippen molar-refractivity contribution in [3.05, 3.63) is 289 Å². The van der Waals surface area contributed by atoms with Crippen LogP contribution in [0.4, 0.5) is 0 Å². The van der Waals surface area contributed by atoms with E-state index in [0.717, 1.165) is 113 Å². The van der Waals surface area contributed by atoms with Crippen molar-refractivity contribution < 1.29 is 74.3 Å². The van der Waals surface area contributed by atoms with Gasteiger partial charge in [0.15, 0.2) is 0 Å². The Bertz CT molecular complexity index is 6040. The van der Waals surface area contributed by atoms with Gasteiger partial charge in [0.2, 0.25) is 0 Å². The number of hydrogen-bond acceptors (Lipinski definition) is 8. The van der Waals surface area contributed by atoms with Gasteiger partial charge in [0.25, 0.3) is 0 Å². The number of aliphatic hydroxyl groups excluding tert-OH is 2. The molecule has 0 amide bonds. The van der Waals surface area contributed by atoms with Crippen LogP contribution < -0.4 is 0 Å². The zero-order valence-corrected chi connectivity index (χ0v) is 67.5. The third kappa shape index (κ3) is 19.4. The second-order valence-electron chi connectivity index (χ2n) is 29.5. The molecule has 0 bridgehead atoms. The fourth-order valence-corrected chi connectivity index (χ4v) is 12.6. The maximum atomic E-state index is 8.87. The summed E-state index contributed by atoms with van der Waals surface area (Å²) in [6.45, 7) is 21.9. The predicted molar refractivity (Wildman–Crippen MR) is 438 cm³/mol. The summed E-state index contributed by atoms with van der Waals surface area (Å²) >= 11 is 0. The van der Waals surface area contributed by atoms with Crippen LogP contribution in [0.2, 0.25) is 0 Å². The number of rotatable bonds is 8. The molecular formula is C96H97Ir2N4O4-3. The molecule has 0 saturated carbocycles. The summed E-state index contributed by atoms with van der Waals surface area (Å²) in [5, 5.41) is 27.3. The number of furan rings is 2. The number of aryl methyl sites for hydroxylation is 2. The van der Waals surface area contributed by atoms with Crippen LogP contribution in [0.1, 0.15) is 132 Å². The molecule has 16 aromatic rings. The molecule has 2 radical (unpaired) electrons. The second kappa shape index (κ2) is 34.9. The molecule has 10 aromatic carbocycles. The molecule has 6 aromatic heterocycles. The molecule has 2 N–H and O–H groups in total. The number of pyridine rings is 4. The Kier molecular flexibility index (Phi) is 21.8. The summed E-state index contributed by atoms with van der Waals surface area (Å²) in [6.07, 6.45) is 0.0653. The van der Waals surface area contributed by atoms with Gasteiger partial charge in [0.1, 0.15) is 16.7 Å². The van der Waals surface area contributed by atoms with Gasteiger partial charge in [-0.05, 0) is 168 Å². The van der Waals surface area contributed by atoms with Gasteiger partial charge in [-0.3, -0.25) is 4.98 Å². The summed E-state index contributed by atoms with van der Waals surface area (Å²) in [7, 11) is 2.00. The Morgan fingerprint density at radius 2 is 0.783 bits per heavy atom. The number of benzene rings is 10. The average molecular weight is 1770 g/mol. The molecule has 8 nitrogen and oxygen atoms in total. The van der Waals surface area contributed by atoms with Crippen LogP contribution in [0.25, 0.3) is 132 Å². The monoisotopic (exact) mass is 1770 g/mol. The van der Waals surface area contributed by atoms with Crippen molar-refractivity contribution in [3.63, 3.8) is 0 Å². The predicted octanol–water partition coefficient (Wildman–Crippen LogP) is 25.0. The first-order valence-electron chi connectivity index (χ1n) is 40.4. The van der Waals surface area contributed by atoms with Crippen LogP contribution in [0.5, 0.6) is 0 Å². The van der Waals surface area contributed by atoms with Gasteiger partial charge in [-0.2, -0.15) is 0 Å². The topological polar surface area (TPSA) is 118 Å². The van der Waals surface area contributed by atoms with Crippen molar-refractivity contribution in [2.24, 2.45) is 21.7 Å². The maximum Gasteiger partial charge on any atom is 0.144 e. The minimum Gasteiger partial charge on any atom is -0.501 e. The van der Waals surface area contributed by atoms with E-state index in [9.17, 15) is 0 Å². The van der Waals surface area contributed by atoms with Crippen molar-refractivity contribution in [3.8, 4) is 45.0 Å². The standard InChI is InChI=1S/C31H27NO.C31H26NO.2C16H18N.2CH4O.2Ir/c2*1-19-18-32-26(16-22(19)17-31(2,3)4)24-10-7-11-25-29-27(33-30(24)25)15-14-21-13-12-20-8-5-6-9-23(20)28(21)29;2*1-16(2,3)11-13-9-10-15(17-12-13)14-7-5-4-6-8-14;2*1-2;;/h5-16,18H,17H2,1-4H3;5-9,11-16,18H,17H2,1-4H3;2*4-7,9-10,12H,11H2,1-3H3;2*2H,1H3;;/q;3*-1;;;;/i17D2;1D3,17D2;2*11D2;;;;. The second-order valence-corrected chi connectivity index (χ2v) is 29.5. The Labute approximate surface area is 669 Å². The summed E-state index contributed by atoms with van der Waals surface area (Å²) < 4.78 is 105. The molecule has 0 aliphatic heterocycles. The van der Waals surface area contributed by atoms with E-state index in [1.54, 1.807) is 45.4 Å². The molecule has 6 heterocycles. The number of para-hydroxylation sites is 1. The van der Waals surface area contributed by atoms with E-state index in [1.807, 2.05) is 197 Å². The molecule has 0 atom stereocenters. The van der Waals surface area contributed by atoms with E-state index < -0.39 is 54.0 Å². The Morgan fingerprint density at radius 3 is 1.25 bits per heavy atom. The van der Waals surface area contributed by atoms with Crippen LogP contribution in [0.15, 0.2) is 246 Å². The summed E-state index contributed by atoms with van der Waals surface area (Å²) in [4.78, 5) is 17.9.